The molecule has 0 bridgehead atoms. The molecule has 0 unspecified atom stereocenters. The molecule has 0 aromatic heterocycles. The van der Waals surface area contributed by atoms with Crippen LogP contribution in [0, 0.1) is 0 Å². The van der Waals surface area contributed by atoms with Gasteiger partial charge in [0, 0.05) is 32.6 Å². The lowest BCUT2D eigenvalue weighted by atomic mass is 10.3. The van der Waals surface area contributed by atoms with Gasteiger partial charge in [-0.3, -0.25) is 9.59 Å². The summed E-state index contributed by atoms with van der Waals surface area (Å²) in [4.78, 5) is 24.8. The number of hydrogen-bond donors (Lipinski definition) is 2. The summed E-state index contributed by atoms with van der Waals surface area (Å²) in [5, 5.41) is 5.77. The van der Waals surface area contributed by atoms with Crippen LogP contribution in [0.25, 0.3) is 0 Å². The normalized spacial score (nSPS) is 15.0. The molecule has 0 radical (unpaired) electrons. The van der Waals surface area contributed by atoms with Crippen molar-refractivity contribution in [1.29, 1.82) is 0 Å². The summed E-state index contributed by atoms with van der Waals surface area (Å²) >= 11 is 0. The molecule has 0 spiro atoms. The first-order valence-electron chi connectivity index (χ1n) is 6.49. The Morgan fingerprint density at radius 1 is 1.18 bits per heavy atom. The molecule has 0 saturated carbocycles. The molecule has 1 fully saturated rings. The van der Waals surface area contributed by atoms with Crippen LogP contribution in [0.4, 0.5) is 0 Å². The minimum Gasteiger partial charge on any atom is -0.355 e. The third-order valence-electron chi connectivity index (χ3n) is 2.83. The smallest absolute Gasteiger partial charge is 0.233 e. The molecule has 1 aliphatic rings. The molecule has 0 aromatic rings. The van der Waals surface area contributed by atoms with Crippen molar-refractivity contribution in [3.05, 3.63) is 0 Å². The monoisotopic (exact) mass is 241 g/mol. The molecule has 2 N–H and O–H groups in total. The van der Waals surface area contributed by atoms with E-state index < -0.39 is 0 Å². The molecule has 2 amide bonds. The lowest BCUT2D eigenvalue weighted by Gasteiger charge is -2.15. The molecule has 1 aliphatic heterocycles. The molecule has 1 saturated heterocycles. The van der Waals surface area contributed by atoms with Crippen LogP contribution in [-0.2, 0) is 9.59 Å². The summed E-state index contributed by atoms with van der Waals surface area (Å²) in [6.45, 7) is 5.41. The van der Waals surface area contributed by atoms with Gasteiger partial charge in [0.2, 0.25) is 11.8 Å². The van der Waals surface area contributed by atoms with Crippen LogP contribution < -0.4 is 10.6 Å². The maximum absolute atomic E-state index is 11.6. The maximum Gasteiger partial charge on any atom is 0.233 e. The van der Waals surface area contributed by atoms with Crippen molar-refractivity contribution in [3.63, 3.8) is 0 Å². The predicted molar refractivity (Wildman–Crippen MR) is 66.6 cm³/mol. The Kier molecular flexibility index (Phi) is 6.62. The molecule has 0 atom stereocenters. The van der Waals surface area contributed by atoms with Crippen LogP contribution in [-0.4, -0.2) is 49.4 Å². The van der Waals surface area contributed by atoms with Crippen molar-refractivity contribution in [1.82, 2.24) is 15.5 Å². The largest absolute Gasteiger partial charge is 0.355 e. The minimum atomic E-state index is 0.000437. The van der Waals surface area contributed by atoms with E-state index in [1.54, 1.807) is 0 Å². The Hall–Kier alpha value is -1.10. The summed E-state index contributed by atoms with van der Waals surface area (Å²) in [5.74, 6) is 0.199. The van der Waals surface area contributed by atoms with Gasteiger partial charge in [0.25, 0.3) is 0 Å². The highest BCUT2D eigenvalue weighted by atomic mass is 16.2. The van der Waals surface area contributed by atoms with E-state index in [-0.39, 0.29) is 11.8 Å². The van der Waals surface area contributed by atoms with Crippen LogP contribution >= 0.6 is 0 Å². The number of nitrogens with one attached hydrogen (secondary N) is 2. The molecule has 1 heterocycles. The Morgan fingerprint density at radius 3 is 2.53 bits per heavy atom. The first-order valence-corrected chi connectivity index (χ1v) is 6.49. The number of hydrogen-bond acceptors (Lipinski definition) is 3. The van der Waals surface area contributed by atoms with E-state index in [2.05, 4.69) is 10.6 Å². The van der Waals surface area contributed by atoms with Gasteiger partial charge in [-0.1, -0.05) is 6.92 Å². The summed E-state index contributed by atoms with van der Waals surface area (Å²) in [7, 11) is 0. The second kappa shape index (κ2) is 8.06. The van der Waals surface area contributed by atoms with Gasteiger partial charge in [-0.2, -0.15) is 0 Å². The van der Waals surface area contributed by atoms with E-state index in [4.69, 9.17) is 0 Å². The second-order valence-corrected chi connectivity index (χ2v) is 4.36. The number of amides is 2. The van der Waals surface area contributed by atoms with Crippen molar-refractivity contribution >= 4 is 11.8 Å². The summed E-state index contributed by atoms with van der Waals surface area (Å²) in [6, 6.07) is 0. The Labute approximate surface area is 103 Å². The van der Waals surface area contributed by atoms with E-state index in [1.807, 2.05) is 11.8 Å². The fraction of sp³-hybridized carbons (Fsp3) is 0.833. The third-order valence-corrected chi connectivity index (χ3v) is 2.83. The van der Waals surface area contributed by atoms with E-state index >= 15 is 0 Å². The number of rotatable bonds is 7. The zero-order valence-corrected chi connectivity index (χ0v) is 10.6. The quantitative estimate of drug-likeness (QED) is 0.622. The molecule has 17 heavy (non-hydrogen) atoms. The van der Waals surface area contributed by atoms with Gasteiger partial charge in [0.1, 0.15) is 0 Å². The first kappa shape index (κ1) is 14.0. The van der Waals surface area contributed by atoms with Gasteiger partial charge in [-0.15, -0.1) is 0 Å². The fourth-order valence-corrected chi connectivity index (χ4v) is 1.85. The van der Waals surface area contributed by atoms with Crippen molar-refractivity contribution in [3.8, 4) is 0 Å². The highest BCUT2D eigenvalue weighted by molar-refractivity contribution is 5.78. The molecular formula is C12H23N3O2. The number of carbonyl (C=O) groups is 2. The van der Waals surface area contributed by atoms with Crippen LogP contribution in [0.15, 0.2) is 0 Å². The zero-order chi connectivity index (χ0) is 12.5. The maximum atomic E-state index is 11.6. The zero-order valence-electron chi connectivity index (χ0n) is 10.6. The minimum absolute atomic E-state index is 0.000437. The van der Waals surface area contributed by atoms with Gasteiger partial charge < -0.3 is 15.5 Å². The highest BCUT2D eigenvalue weighted by Crippen LogP contribution is 2.08. The fourth-order valence-electron chi connectivity index (χ4n) is 1.85. The van der Waals surface area contributed by atoms with Crippen molar-refractivity contribution in [2.75, 3.05) is 32.7 Å². The Bertz CT molecular complexity index is 250. The summed E-state index contributed by atoms with van der Waals surface area (Å²) in [6.07, 6.45) is 3.68. The van der Waals surface area contributed by atoms with E-state index in [1.165, 1.54) is 0 Å². The van der Waals surface area contributed by atoms with Crippen LogP contribution in [0.3, 0.4) is 0 Å². The van der Waals surface area contributed by atoms with Gasteiger partial charge in [0.05, 0.1) is 6.54 Å². The Balaban J connectivity index is 1.99. The van der Waals surface area contributed by atoms with Crippen molar-refractivity contribution < 1.29 is 9.59 Å². The van der Waals surface area contributed by atoms with Gasteiger partial charge in [-0.25, -0.2) is 0 Å². The standard InChI is InChI=1S/C12H23N3O2/c1-2-6-14-11(16)10-13-7-5-12(17)15-8-3-4-9-15/h13H,2-10H2,1H3,(H,14,16). The predicted octanol–water partition coefficient (Wildman–Crippen LogP) is 0.115. The average molecular weight is 241 g/mol. The molecule has 5 heteroatoms. The third kappa shape index (κ3) is 5.68. The molecular weight excluding hydrogens is 218 g/mol. The molecule has 5 nitrogen and oxygen atoms in total. The SMILES string of the molecule is CCCNC(=O)CNCCC(=O)N1CCCC1. The van der Waals surface area contributed by atoms with Crippen LogP contribution in [0.1, 0.15) is 32.6 Å². The van der Waals surface area contributed by atoms with Crippen LogP contribution in [0.2, 0.25) is 0 Å². The van der Waals surface area contributed by atoms with Crippen molar-refractivity contribution in [2.24, 2.45) is 0 Å². The number of nitrogens with zero attached hydrogens (tertiary/aromatic N) is 1. The lowest BCUT2D eigenvalue weighted by molar-refractivity contribution is -0.130. The first-order chi connectivity index (χ1) is 8.24. The van der Waals surface area contributed by atoms with E-state index in [9.17, 15) is 9.59 Å². The summed E-state index contributed by atoms with van der Waals surface area (Å²) < 4.78 is 0. The van der Waals surface area contributed by atoms with Crippen LogP contribution in [0.5, 0.6) is 0 Å². The van der Waals surface area contributed by atoms with Crippen molar-refractivity contribution in [2.45, 2.75) is 32.6 Å². The molecule has 0 aliphatic carbocycles. The van der Waals surface area contributed by atoms with Gasteiger partial charge >= 0.3 is 0 Å². The van der Waals surface area contributed by atoms with Gasteiger partial charge in [0.15, 0.2) is 0 Å². The number of likely N-dealkylation sites (tertiary alicyclic amines) is 1. The topological polar surface area (TPSA) is 61.4 Å². The van der Waals surface area contributed by atoms with Gasteiger partial charge in [-0.05, 0) is 19.3 Å². The number of carbonyl (C=O) groups excluding carboxylic acids is 2. The molecule has 98 valence electrons. The average Bonchev–Trinajstić information content (AvgIpc) is 2.85. The molecule has 1 rings (SSSR count). The second-order valence-electron chi connectivity index (χ2n) is 4.36. The highest BCUT2D eigenvalue weighted by Gasteiger charge is 2.16. The van der Waals surface area contributed by atoms with E-state index in [0.29, 0.717) is 26.1 Å². The lowest BCUT2D eigenvalue weighted by Crippen LogP contribution is -2.36. The Morgan fingerprint density at radius 2 is 1.88 bits per heavy atom. The van der Waals surface area contributed by atoms with E-state index in [0.717, 1.165) is 32.4 Å². The molecule has 0 aromatic carbocycles. The summed E-state index contributed by atoms with van der Waals surface area (Å²) in [5.41, 5.74) is 0.